The molecule has 0 unspecified atom stereocenters. The second-order valence-electron chi connectivity index (χ2n) is 6.07. The van der Waals surface area contributed by atoms with Crippen molar-refractivity contribution in [2.24, 2.45) is 0 Å². The molecule has 3 rings (SSSR count). The first kappa shape index (κ1) is 19.1. The average Bonchev–Trinajstić information content (AvgIpc) is 2.73. The summed E-state index contributed by atoms with van der Waals surface area (Å²) in [5.41, 5.74) is 3.29. The monoisotopic (exact) mass is 387 g/mol. The van der Waals surface area contributed by atoms with Gasteiger partial charge in [0, 0.05) is 37.9 Å². The number of para-hydroxylation sites is 1. The summed E-state index contributed by atoms with van der Waals surface area (Å²) in [4.78, 5) is 13.6. The van der Waals surface area contributed by atoms with E-state index in [1.807, 2.05) is 24.3 Å². The van der Waals surface area contributed by atoms with E-state index in [0.717, 1.165) is 11.3 Å². The van der Waals surface area contributed by atoms with Crippen LogP contribution in [0, 0.1) is 0 Å². The zero-order chi connectivity index (χ0) is 19.3. The number of nitrogens with zero attached hydrogens (tertiary/aromatic N) is 2. The molecule has 2 N–H and O–H groups in total. The Morgan fingerprint density at radius 1 is 0.963 bits per heavy atom. The van der Waals surface area contributed by atoms with Crippen molar-refractivity contribution in [3.8, 4) is 0 Å². The van der Waals surface area contributed by atoms with Crippen LogP contribution in [0.2, 0.25) is 0 Å². The Morgan fingerprint density at radius 3 is 2.26 bits per heavy atom. The second kappa shape index (κ2) is 8.34. The molecule has 2 aromatic rings. The number of carbonyl (C=O) groups excluding carboxylic acids is 1. The highest BCUT2D eigenvalue weighted by Gasteiger charge is 2.28. The summed E-state index contributed by atoms with van der Waals surface area (Å²) in [7, 11) is -3.49. The third-order valence-electron chi connectivity index (χ3n) is 4.42. The van der Waals surface area contributed by atoms with Gasteiger partial charge in [-0.1, -0.05) is 36.4 Å². The van der Waals surface area contributed by atoms with E-state index in [4.69, 9.17) is 5.21 Å². The summed E-state index contributed by atoms with van der Waals surface area (Å²) in [5, 5.41) is 8.61. The van der Waals surface area contributed by atoms with E-state index < -0.39 is 15.9 Å². The summed E-state index contributed by atoms with van der Waals surface area (Å²) >= 11 is 0. The molecule has 0 saturated carbocycles. The number of hydroxylamine groups is 1. The molecule has 7 nitrogen and oxygen atoms in total. The lowest BCUT2D eigenvalue weighted by Crippen LogP contribution is -2.48. The van der Waals surface area contributed by atoms with Crippen molar-refractivity contribution in [2.75, 3.05) is 31.1 Å². The van der Waals surface area contributed by atoms with Gasteiger partial charge in [-0.25, -0.2) is 13.9 Å². The van der Waals surface area contributed by atoms with Crippen LogP contribution in [0.25, 0.3) is 6.08 Å². The number of piperazine rings is 1. The van der Waals surface area contributed by atoms with E-state index in [1.54, 1.807) is 41.9 Å². The van der Waals surface area contributed by atoms with Crippen LogP contribution in [0.15, 0.2) is 65.6 Å². The highest BCUT2D eigenvalue weighted by Crippen LogP contribution is 2.25. The first-order valence-corrected chi connectivity index (χ1v) is 9.98. The Kier molecular flexibility index (Phi) is 5.90. The molecular weight excluding hydrogens is 366 g/mol. The van der Waals surface area contributed by atoms with Crippen LogP contribution in [0.5, 0.6) is 0 Å². The topological polar surface area (TPSA) is 90.0 Å². The predicted octanol–water partition coefficient (Wildman–Crippen LogP) is 1.72. The molecule has 1 heterocycles. The Hall–Kier alpha value is -2.68. The van der Waals surface area contributed by atoms with Crippen LogP contribution in [0.1, 0.15) is 5.56 Å². The van der Waals surface area contributed by atoms with Crippen LogP contribution in [-0.4, -0.2) is 50.0 Å². The zero-order valence-electron chi connectivity index (χ0n) is 14.7. The van der Waals surface area contributed by atoms with Gasteiger partial charge in [0.05, 0.1) is 4.90 Å². The standard InChI is InChI=1S/C19H21N3O4S/c23-19(20-24)11-10-16-6-4-5-9-18(16)21-12-14-22(15-13-21)27(25,26)17-7-2-1-3-8-17/h1-11,24H,12-15H2,(H,20,23)/b11-10+. The van der Waals surface area contributed by atoms with E-state index in [-0.39, 0.29) is 0 Å². The molecule has 2 aromatic carbocycles. The molecule has 1 aliphatic heterocycles. The molecule has 0 aromatic heterocycles. The molecule has 1 aliphatic rings. The minimum Gasteiger partial charge on any atom is -0.368 e. The maximum Gasteiger partial charge on any atom is 0.267 e. The van der Waals surface area contributed by atoms with Gasteiger partial charge in [0.25, 0.3) is 5.91 Å². The molecule has 8 heteroatoms. The van der Waals surface area contributed by atoms with Gasteiger partial charge in [0.1, 0.15) is 0 Å². The number of rotatable bonds is 5. The van der Waals surface area contributed by atoms with Gasteiger partial charge in [-0.3, -0.25) is 10.0 Å². The summed E-state index contributed by atoms with van der Waals surface area (Å²) in [5.74, 6) is -0.608. The molecule has 1 saturated heterocycles. The van der Waals surface area contributed by atoms with E-state index in [2.05, 4.69) is 4.90 Å². The minimum atomic E-state index is -3.49. The molecule has 1 amide bonds. The fraction of sp³-hybridized carbons (Fsp3) is 0.211. The molecule has 1 fully saturated rings. The Balaban J connectivity index is 1.73. The van der Waals surface area contributed by atoms with Crippen molar-refractivity contribution < 1.29 is 18.4 Å². The van der Waals surface area contributed by atoms with E-state index in [1.165, 1.54) is 10.4 Å². The highest BCUT2D eigenvalue weighted by molar-refractivity contribution is 7.89. The Labute approximate surface area is 158 Å². The zero-order valence-corrected chi connectivity index (χ0v) is 15.5. The first-order chi connectivity index (χ1) is 13.0. The van der Waals surface area contributed by atoms with Crippen LogP contribution >= 0.6 is 0 Å². The molecule has 0 radical (unpaired) electrons. The molecule has 27 heavy (non-hydrogen) atoms. The molecule has 0 atom stereocenters. The Morgan fingerprint density at radius 2 is 1.59 bits per heavy atom. The summed E-state index contributed by atoms with van der Waals surface area (Å²) in [6, 6.07) is 16.0. The smallest absolute Gasteiger partial charge is 0.267 e. The number of hydrogen-bond acceptors (Lipinski definition) is 5. The van der Waals surface area contributed by atoms with Gasteiger partial charge in [0.2, 0.25) is 10.0 Å². The first-order valence-electron chi connectivity index (χ1n) is 8.53. The number of nitrogens with one attached hydrogen (secondary N) is 1. The summed E-state index contributed by atoms with van der Waals surface area (Å²) in [6.45, 7) is 1.85. The van der Waals surface area contributed by atoms with E-state index >= 15 is 0 Å². The van der Waals surface area contributed by atoms with Crippen LogP contribution < -0.4 is 10.4 Å². The molecular formula is C19H21N3O4S. The van der Waals surface area contributed by atoms with Gasteiger partial charge >= 0.3 is 0 Å². The number of hydrogen-bond donors (Lipinski definition) is 2. The van der Waals surface area contributed by atoms with Gasteiger partial charge in [-0.15, -0.1) is 0 Å². The van der Waals surface area contributed by atoms with Gasteiger partial charge in [-0.2, -0.15) is 4.31 Å². The lowest BCUT2D eigenvalue weighted by Gasteiger charge is -2.36. The summed E-state index contributed by atoms with van der Waals surface area (Å²) in [6.07, 6.45) is 2.86. The second-order valence-corrected chi connectivity index (χ2v) is 8.01. The maximum atomic E-state index is 12.7. The summed E-state index contributed by atoms with van der Waals surface area (Å²) < 4.78 is 27.0. The fourth-order valence-electron chi connectivity index (χ4n) is 3.03. The number of sulfonamides is 1. The number of anilines is 1. The highest BCUT2D eigenvalue weighted by atomic mass is 32.2. The number of carbonyl (C=O) groups is 1. The molecule has 0 bridgehead atoms. The van der Waals surface area contributed by atoms with Crippen molar-refractivity contribution in [3.05, 3.63) is 66.2 Å². The fourth-order valence-corrected chi connectivity index (χ4v) is 4.47. The van der Waals surface area contributed by atoms with E-state index in [0.29, 0.717) is 31.1 Å². The van der Waals surface area contributed by atoms with Crippen LogP contribution in [-0.2, 0) is 14.8 Å². The average molecular weight is 387 g/mol. The number of benzene rings is 2. The van der Waals surface area contributed by atoms with E-state index in [9.17, 15) is 13.2 Å². The predicted molar refractivity (Wildman–Crippen MR) is 103 cm³/mol. The third-order valence-corrected chi connectivity index (χ3v) is 6.33. The molecule has 142 valence electrons. The quantitative estimate of drug-likeness (QED) is 0.463. The van der Waals surface area contributed by atoms with Crippen molar-refractivity contribution in [1.29, 1.82) is 0 Å². The number of amides is 1. The lowest BCUT2D eigenvalue weighted by molar-refractivity contribution is -0.124. The SMILES string of the molecule is O=C(/C=C/c1ccccc1N1CCN(S(=O)(=O)c2ccccc2)CC1)NO. The molecule has 0 spiro atoms. The van der Waals surface area contributed by atoms with Crippen molar-refractivity contribution >= 4 is 27.7 Å². The van der Waals surface area contributed by atoms with Crippen molar-refractivity contribution in [3.63, 3.8) is 0 Å². The maximum absolute atomic E-state index is 12.7. The van der Waals surface area contributed by atoms with Gasteiger partial charge in [-0.05, 0) is 29.8 Å². The lowest BCUT2D eigenvalue weighted by atomic mass is 10.1. The minimum absolute atomic E-state index is 0.303. The van der Waals surface area contributed by atoms with Crippen molar-refractivity contribution in [1.82, 2.24) is 9.79 Å². The van der Waals surface area contributed by atoms with Crippen LogP contribution in [0.3, 0.4) is 0 Å². The normalized spacial score (nSPS) is 15.8. The third kappa shape index (κ3) is 4.36. The van der Waals surface area contributed by atoms with Gasteiger partial charge in [0.15, 0.2) is 0 Å². The molecule has 0 aliphatic carbocycles. The van der Waals surface area contributed by atoms with Gasteiger partial charge < -0.3 is 4.90 Å². The van der Waals surface area contributed by atoms with Crippen LogP contribution in [0.4, 0.5) is 5.69 Å². The largest absolute Gasteiger partial charge is 0.368 e. The Bertz CT molecular complexity index is 921. The van der Waals surface area contributed by atoms with Crippen molar-refractivity contribution in [2.45, 2.75) is 4.90 Å².